The summed E-state index contributed by atoms with van der Waals surface area (Å²) in [5.74, 6) is -1.01. The van der Waals surface area contributed by atoms with E-state index < -0.39 is 11.4 Å². The van der Waals surface area contributed by atoms with Crippen molar-refractivity contribution in [2.75, 3.05) is 10.2 Å². The molecule has 0 radical (unpaired) electrons. The van der Waals surface area contributed by atoms with Crippen LogP contribution in [0.4, 0.5) is 15.8 Å². The number of benzene rings is 2. The average molecular weight is 380 g/mol. The summed E-state index contributed by atoms with van der Waals surface area (Å²) in [5, 5.41) is 3.03. The predicted molar refractivity (Wildman–Crippen MR) is 103 cm³/mol. The molecule has 7 nitrogen and oxygen atoms in total. The minimum absolute atomic E-state index is 0.143. The van der Waals surface area contributed by atoms with Crippen molar-refractivity contribution in [3.05, 3.63) is 65.0 Å². The Morgan fingerprint density at radius 3 is 2.86 bits per heavy atom. The Labute approximate surface area is 159 Å². The maximum absolute atomic E-state index is 13.3. The van der Waals surface area contributed by atoms with Gasteiger partial charge in [0, 0.05) is 18.5 Å². The van der Waals surface area contributed by atoms with Crippen molar-refractivity contribution in [3.63, 3.8) is 0 Å². The number of halogens is 1. The molecule has 1 aromatic heterocycles. The molecule has 0 unspecified atom stereocenters. The van der Waals surface area contributed by atoms with Crippen molar-refractivity contribution in [2.45, 2.75) is 25.9 Å². The number of aromatic nitrogens is 2. The number of rotatable bonds is 2. The summed E-state index contributed by atoms with van der Waals surface area (Å²) in [5.41, 5.74) is 0.930. The number of nitrogens with one attached hydrogen (secondary N) is 1. The van der Waals surface area contributed by atoms with Crippen molar-refractivity contribution in [1.29, 1.82) is 0 Å². The summed E-state index contributed by atoms with van der Waals surface area (Å²) in [7, 11) is 0. The van der Waals surface area contributed by atoms with Crippen LogP contribution >= 0.6 is 0 Å². The minimum Gasteiger partial charge on any atom is -0.324 e. The number of nitrogens with zero attached hydrogens (tertiary/aromatic N) is 3. The van der Waals surface area contributed by atoms with Crippen LogP contribution in [0, 0.1) is 5.82 Å². The first-order valence-electron chi connectivity index (χ1n) is 8.79. The minimum atomic E-state index is -0.486. The molecule has 28 heavy (non-hydrogen) atoms. The number of amides is 2. The van der Waals surface area contributed by atoms with Gasteiger partial charge in [0.1, 0.15) is 12.4 Å². The van der Waals surface area contributed by atoms with Crippen LogP contribution in [0.3, 0.4) is 0 Å². The van der Waals surface area contributed by atoms with Gasteiger partial charge in [0.05, 0.1) is 28.6 Å². The second kappa shape index (κ2) is 6.88. The second-order valence-corrected chi connectivity index (χ2v) is 6.72. The maximum Gasteiger partial charge on any atom is 0.261 e. The van der Waals surface area contributed by atoms with Gasteiger partial charge in [-0.25, -0.2) is 9.37 Å². The summed E-state index contributed by atoms with van der Waals surface area (Å²) in [6.45, 7) is 1.54. The van der Waals surface area contributed by atoms with Gasteiger partial charge in [-0.3, -0.25) is 19.0 Å². The molecule has 0 saturated heterocycles. The fourth-order valence-corrected chi connectivity index (χ4v) is 3.43. The smallest absolute Gasteiger partial charge is 0.261 e. The Bertz CT molecular complexity index is 1160. The summed E-state index contributed by atoms with van der Waals surface area (Å²) >= 11 is 0. The first-order chi connectivity index (χ1) is 13.4. The molecule has 2 amide bonds. The number of hydrogen-bond acceptors (Lipinski definition) is 4. The first kappa shape index (κ1) is 17.8. The molecule has 3 aromatic rings. The van der Waals surface area contributed by atoms with Crippen molar-refractivity contribution in [1.82, 2.24) is 9.55 Å². The zero-order valence-electron chi connectivity index (χ0n) is 15.1. The highest BCUT2D eigenvalue weighted by molar-refractivity contribution is 6.04. The van der Waals surface area contributed by atoms with Crippen LogP contribution in [0.2, 0.25) is 0 Å². The van der Waals surface area contributed by atoms with Gasteiger partial charge in [0.25, 0.3) is 5.56 Å². The molecule has 4 rings (SSSR count). The number of para-hydroxylation sites is 2. The van der Waals surface area contributed by atoms with Crippen molar-refractivity contribution >= 4 is 34.1 Å². The Balaban J connectivity index is 1.71. The highest BCUT2D eigenvalue weighted by Crippen LogP contribution is 2.31. The molecule has 1 atom stereocenters. The molecular weight excluding hydrogens is 363 g/mol. The lowest BCUT2D eigenvalue weighted by Gasteiger charge is -2.28. The predicted octanol–water partition coefficient (Wildman–Crippen LogP) is 2.30. The molecule has 0 fully saturated rings. The van der Waals surface area contributed by atoms with Gasteiger partial charge >= 0.3 is 0 Å². The molecule has 1 aliphatic rings. The van der Waals surface area contributed by atoms with Gasteiger partial charge in [0.15, 0.2) is 0 Å². The summed E-state index contributed by atoms with van der Waals surface area (Å²) in [4.78, 5) is 43.4. The Morgan fingerprint density at radius 1 is 1.25 bits per heavy atom. The fourth-order valence-electron chi connectivity index (χ4n) is 3.43. The van der Waals surface area contributed by atoms with E-state index >= 15 is 0 Å². The van der Waals surface area contributed by atoms with E-state index in [1.54, 1.807) is 31.2 Å². The SMILES string of the molecule is C[C@H]1CC(=O)Nc2ccccc2N1C(=O)Cn1cnc2cc(F)ccc2c1=O. The third kappa shape index (κ3) is 3.13. The van der Waals surface area contributed by atoms with Crippen LogP contribution in [0.1, 0.15) is 13.3 Å². The highest BCUT2D eigenvalue weighted by atomic mass is 19.1. The molecule has 2 aromatic carbocycles. The number of hydrogen-bond donors (Lipinski definition) is 1. The van der Waals surface area contributed by atoms with Gasteiger partial charge in [-0.15, -0.1) is 0 Å². The third-order valence-corrected chi connectivity index (χ3v) is 4.72. The molecule has 0 saturated carbocycles. The highest BCUT2D eigenvalue weighted by Gasteiger charge is 2.29. The van der Waals surface area contributed by atoms with E-state index in [4.69, 9.17) is 0 Å². The van der Waals surface area contributed by atoms with Gasteiger partial charge in [-0.1, -0.05) is 12.1 Å². The molecule has 142 valence electrons. The van der Waals surface area contributed by atoms with E-state index in [1.807, 2.05) is 0 Å². The molecule has 8 heteroatoms. The van der Waals surface area contributed by atoms with E-state index in [-0.39, 0.29) is 41.7 Å². The largest absolute Gasteiger partial charge is 0.324 e. The molecule has 0 spiro atoms. The lowest BCUT2D eigenvalue weighted by Crippen LogP contribution is -2.42. The van der Waals surface area contributed by atoms with E-state index in [0.29, 0.717) is 11.4 Å². The summed E-state index contributed by atoms with van der Waals surface area (Å²) in [6, 6.07) is 10.4. The topological polar surface area (TPSA) is 84.3 Å². The quantitative estimate of drug-likeness (QED) is 0.739. The van der Waals surface area contributed by atoms with E-state index in [0.717, 1.165) is 0 Å². The third-order valence-electron chi connectivity index (χ3n) is 4.72. The van der Waals surface area contributed by atoms with E-state index in [1.165, 1.54) is 34.0 Å². The molecule has 0 aliphatic carbocycles. The average Bonchev–Trinajstić information content (AvgIpc) is 2.78. The normalized spacial score (nSPS) is 16.4. The van der Waals surface area contributed by atoms with Gasteiger partial charge in [0.2, 0.25) is 11.8 Å². The molecular formula is C20H17FN4O3. The fraction of sp³-hybridized carbons (Fsp3) is 0.200. The lowest BCUT2D eigenvalue weighted by atomic mass is 10.1. The van der Waals surface area contributed by atoms with Crippen LogP contribution in [0.25, 0.3) is 10.9 Å². The summed E-state index contributed by atoms with van der Waals surface area (Å²) in [6.07, 6.45) is 1.38. The van der Waals surface area contributed by atoms with Gasteiger partial charge in [-0.05, 0) is 31.2 Å². The van der Waals surface area contributed by atoms with Gasteiger partial charge in [-0.2, -0.15) is 0 Å². The van der Waals surface area contributed by atoms with Crippen LogP contribution in [0.5, 0.6) is 0 Å². The van der Waals surface area contributed by atoms with Crippen LogP contribution in [-0.2, 0) is 16.1 Å². The maximum atomic E-state index is 13.3. The van der Waals surface area contributed by atoms with Gasteiger partial charge < -0.3 is 10.2 Å². The summed E-state index contributed by atoms with van der Waals surface area (Å²) < 4.78 is 14.5. The Kier molecular flexibility index (Phi) is 4.38. The molecule has 2 heterocycles. The zero-order chi connectivity index (χ0) is 19.8. The Morgan fingerprint density at radius 2 is 2.04 bits per heavy atom. The number of fused-ring (bicyclic) bond motifs is 2. The van der Waals surface area contributed by atoms with Crippen LogP contribution < -0.4 is 15.8 Å². The van der Waals surface area contributed by atoms with Crippen molar-refractivity contribution < 1.29 is 14.0 Å². The second-order valence-electron chi connectivity index (χ2n) is 6.72. The number of carbonyl (C=O) groups is 2. The monoisotopic (exact) mass is 380 g/mol. The zero-order valence-corrected chi connectivity index (χ0v) is 15.1. The van der Waals surface area contributed by atoms with Crippen LogP contribution in [-0.4, -0.2) is 27.4 Å². The first-order valence-corrected chi connectivity index (χ1v) is 8.79. The van der Waals surface area contributed by atoms with E-state index in [9.17, 15) is 18.8 Å². The standard InChI is InChI=1S/C20H17FN4O3/c1-12-8-18(26)23-15-4-2-3-5-17(15)25(12)19(27)10-24-11-22-16-9-13(21)6-7-14(16)20(24)28/h2-7,9,11-12H,8,10H2,1H3,(H,23,26)/t12-/m0/s1. The molecule has 0 bridgehead atoms. The van der Waals surface area contributed by atoms with Crippen LogP contribution in [0.15, 0.2) is 53.6 Å². The molecule has 1 N–H and O–H groups in total. The lowest BCUT2D eigenvalue weighted by molar-refractivity contribution is -0.120. The number of anilines is 2. The number of carbonyl (C=O) groups excluding carboxylic acids is 2. The molecule has 1 aliphatic heterocycles. The van der Waals surface area contributed by atoms with Crippen molar-refractivity contribution in [3.8, 4) is 0 Å². The van der Waals surface area contributed by atoms with Crippen molar-refractivity contribution in [2.24, 2.45) is 0 Å². The Hall–Kier alpha value is -3.55. The van der Waals surface area contributed by atoms with E-state index in [2.05, 4.69) is 10.3 Å².